The zero-order valence-electron chi connectivity index (χ0n) is 14.8. The highest BCUT2D eigenvalue weighted by Gasteiger charge is 2.14. The lowest BCUT2D eigenvalue weighted by Gasteiger charge is -2.19. The van der Waals surface area contributed by atoms with Crippen LogP contribution in [0.2, 0.25) is 0 Å². The molecule has 1 heterocycles. The van der Waals surface area contributed by atoms with Gasteiger partial charge in [0.1, 0.15) is 11.5 Å². The number of benzene rings is 1. The number of ether oxygens (including phenoxy) is 2. The van der Waals surface area contributed by atoms with Crippen molar-refractivity contribution in [3.8, 4) is 5.75 Å². The Morgan fingerprint density at radius 2 is 1.84 bits per heavy atom. The molecule has 0 aliphatic heterocycles. The highest BCUT2D eigenvalue weighted by atomic mass is 16.6. The third-order valence-corrected chi connectivity index (χ3v) is 3.34. The Balaban J connectivity index is 1.72. The second-order valence-corrected chi connectivity index (χ2v) is 6.59. The second kappa shape index (κ2) is 7.83. The van der Waals surface area contributed by atoms with Gasteiger partial charge in [-0.2, -0.15) is 0 Å². The number of carbonyl (C=O) groups is 2. The van der Waals surface area contributed by atoms with Gasteiger partial charge in [-0.15, -0.1) is 0 Å². The molecule has 0 aliphatic carbocycles. The van der Waals surface area contributed by atoms with Crippen LogP contribution in [0, 0.1) is 6.92 Å². The molecule has 0 saturated heterocycles. The van der Waals surface area contributed by atoms with E-state index in [0.717, 1.165) is 0 Å². The molecule has 1 N–H and O–H groups in total. The lowest BCUT2D eigenvalue weighted by atomic mass is 9.87. The van der Waals surface area contributed by atoms with Crippen molar-refractivity contribution in [1.82, 2.24) is 5.16 Å². The summed E-state index contributed by atoms with van der Waals surface area (Å²) in [6.45, 7) is 7.36. The Hall–Kier alpha value is -2.83. The highest BCUT2D eigenvalue weighted by Crippen LogP contribution is 2.24. The normalized spacial score (nSPS) is 11.0. The molecule has 2 rings (SSSR count). The van der Waals surface area contributed by atoms with Crippen LogP contribution in [0.25, 0.3) is 0 Å². The summed E-state index contributed by atoms with van der Waals surface area (Å²) in [5.41, 5.74) is 1.22. The summed E-state index contributed by atoms with van der Waals surface area (Å²) in [5.74, 6) is 0.266. The number of nitrogens with zero attached hydrogens (tertiary/aromatic N) is 1. The first-order valence-electron chi connectivity index (χ1n) is 7.86. The molecule has 7 nitrogen and oxygen atoms in total. The van der Waals surface area contributed by atoms with Gasteiger partial charge in [-0.3, -0.25) is 4.79 Å². The number of hydrogen-bond donors (Lipinski definition) is 1. The van der Waals surface area contributed by atoms with Crippen molar-refractivity contribution in [2.24, 2.45) is 0 Å². The Bertz CT molecular complexity index is 729. The minimum atomic E-state index is -0.633. The van der Waals surface area contributed by atoms with Crippen LogP contribution in [0.3, 0.4) is 0 Å². The summed E-state index contributed by atoms with van der Waals surface area (Å²) in [7, 11) is 0. The molecule has 0 bridgehead atoms. The Morgan fingerprint density at radius 1 is 1.16 bits per heavy atom. The maximum absolute atomic E-state index is 11.6. The van der Waals surface area contributed by atoms with Crippen molar-refractivity contribution < 1.29 is 23.6 Å². The van der Waals surface area contributed by atoms with Gasteiger partial charge in [-0.05, 0) is 30.0 Å². The topological polar surface area (TPSA) is 90.7 Å². The molecule has 2 aromatic rings. The summed E-state index contributed by atoms with van der Waals surface area (Å²) in [6.07, 6.45) is 0. The van der Waals surface area contributed by atoms with Crippen molar-refractivity contribution in [3.63, 3.8) is 0 Å². The van der Waals surface area contributed by atoms with E-state index in [9.17, 15) is 9.59 Å². The van der Waals surface area contributed by atoms with E-state index in [2.05, 4.69) is 31.2 Å². The van der Waals surface area contributed by atoms with Crippen LogP contribution in [0.4, 0.5) is 5.82 Å². The van der Waals surface area contributed by atoms with Crippen molar-refractivity contribution in [2.75, 3.05) is 18.5 Å². The second-order valence-electron chi connectivity index (χ2n) is 6.59. The van der Waals surface area contributed by atoms with Crippen LogP contribution < -0.4 is 10.1 Å². The number of carbonyl (C=O) groups excluding carboxylic acids is 2. The smallest absolute Gasteiger partial charge is 0.344 e. The third kappa shape index (κ3) is 5.95. The molecule has 25 heavy (non-hydrogen) atoms. The Labute approximate surface area is 146 Å². The van der Waals surface area contributed by atoms with Gasteiger partial charge in [0, 0.05) is 6.07 Å². The van der Waals surface area contributed by atoms with Crippen LogP contribution in [0.1, 0.15) is 32.1 Å². The van der Waals surface area contributed by atoms with E-state index in [1.165, 1.54) is 5.56 Å². The van der Waals surface area contributed by atoms with Crippen molar-refractivity contribution in [2.45, 2.75) is 33.1 Å². The standard InChI is InChI=1S/C18H22N2O5/c1-12-9-15(20-25-12)19-16(21)10-24-17(22)11-23-14-7-5-13(6-8-14)18(2,3)4/h5-9H,10-11H2,1-4H3,(H,19,20,21). The molecule has 7 heteroatoms. The van der Waals surface area contributed by atoms with E-state index in [1.54, 1.807) is 25.1 Å². The van der Waals surface area contributed by atoms with E-state index in [1.807, 2.05) is 12.1 Å². The lowest BCUT2D eigenvalue weighted by Crippen LogP contribution is -2.23. The van der Waals surface area contributed by atoms with Gasteiger partial charge in [0.15, 0.2) is 19.0 Å². The molecule has 134 valence electrons. The molecule has 0 saturated carbocycles. The fourth-order valence-electron chi connectivity index (χ4n) is 1.99. The highest BCUT2D eigenvalue weighted by molar-refractivity contribution is 5.91. The van der Waals surface area contributed by atoms with Crippen molar-refractivity contribution >= 4 is 17.7 Å². The summed E-state index contributed by atoms with van der Waals surface area (Å²) >= 11 is 0. The molecule has 0 atom stereocenters. The minimum Gasteiger partial charge on any atom is -0.482 e. The molecule has 0 fully saturated rings. The Morgan fingerprint density at radius 3 is 2.40 bits per heavy atom. The van der Waals surface area contributed by atoms with Crippen LogP contribution in [-0.4, -0.2) is 30.2 Å². The first-order valence-corrected chi connectivity index (χ1v) is 7.86. The molecular formula is C18H22N2O5. The third-order valence-electron chi connectivity index (χ3n) is 3.34. The molecule has 0 radical (unpaired) electrons. The molecule has 0 unspecified atom stereocenters. The van der Waals surface area contributed by atoms with E-state index < -0.39 is 18.5 Å². The van der Waals surface area contributed by atoms with E-state index in [0.29, 0.717) is 11.5 Å². The Kier molecular flexibility index (Phi) is 5.80. The van der Waals surface area contributed by atoms with Gasteiger partial charge < -0.3 is 19.3 Å². The lowest BCUT2D eigenvalue weighted by molar-refractivity contribution is -0.149. The largest absolute Gasteiger partial charge is 0.482 e. The number of anilines is 1. The maximum Gasteiger partial charge on any atom is 0.344 e. The van der Waals surface area contributed by atoms with Crippen molar-refractivity contribution in [1.29, 1.82) is 0 Å². The molecule has 1 aromatic carbocycles. The van der Waals surface area contributed by atoms with Gasteiger partial charge in [-0.25, -0.2) is 4.79 Å². The van der Waals surface area contributed by atoms with Crippen LogP contribution in [0.5, 0.6) is 5.75 Å². The van der Waals surface area contributed by atoms with E-state index in [4.69, 9.17) is 14.0 Å². The van der Waals surface area contributed by atoms with E-state index in [-0.39, 0.29) is 17.8 Å². The summed E-state index contributed by atoms with van der Waals surface area (Å²) < 4.78 is 15.0. The molecular weight excluding hydrogens is 324 g/mol. The average molecular weight is 346 g/mol. The van der Waals surface area contributed by atoms with E-state index >= 15 is 0 Å². The number of esters is 1. The molecule has 1 amide bonds. The first kappa shape index (κ1) is 18.5. The monoisotopic (exact) mass is 346 g/mol. The number of aromatic nitrogens is 1. The predicted octanol–water partition coefficient (Wildman–Crippen LogP) is 2.84. The number of aryl methyl sites for hydroxylation is 1. The number of nitrogens with one attached hydrogen (secondary N) is 1. The van der Waals surface area contributed by atoms with Gasteiger partial charge in [0.25, 0.3) is 5.91 Å². The molecule has 1 aromatic heterocycles. The first-order chi connectivity index (χ1) is 11.7. The van der Waals surface area contributed by atoms with Crippen LogP contribution >= 0.6 is 0 Å². The fraction of sp³-hybridized carbons (Fsp3) is 0.389. The fourth-order valence-corrected chi connectivity index (χ4v) is 1.99. The number of rotatable bonds is 6. The summed E-state index contributed by atoms with van der Waals surface area (Å²) in [6, 6.07) is 9.06. The number of hydrogen-bond acceptors (Lipinski definition) is 6. The minimum absolute atomic E-state index is 0.0488. The average Bonchev–Trinajstić information content (AvgIpc) is 2.95. The quantitative estimate of drug-likeness (QED) is 0.809. The predicted molar refractivity (Wildman–Crippen MR) is 91.5 cm³/mol. The SMILES string of the molecule is Cc1cc(NC(=O)COC(=O)COc2ccc(C(C)(C)C)cc2)no1. The number of amides is 1. The summed E-state index contributed by atoms with van der Waals surface area (Å²) in [5, 5.41) is 6.06. The maximum atomic E-state index is 11.6. The van der Waals surface area contributed by atoms with Gasteiger partial charge in [-0.1, -0.05) is 38.1 Å². The van der Waals surface area contributed by atoms with Gasteiger partial charge in [0.05, 0.1) is 0 Å². The zero-order valence-corrected chi connectivity index (χ0v) is 14.8. The van der Waals surface area contributed by atoms with Crippen LogP contribution in [0.15, 0.2) is 34.9 Å². The van der Waals surface area contributed by atoms with Gasteiger partial charge >= 0.3 is 5.97 Å². The molecule has 0 aliphatic rings. The van der Waals surface area contributed by atoms with Crippen LogP contribution in [-0.2, 0) is 19.7 Å². The molecule has 0 spiro atoms. The zero-order chi connectivity index (χ0) is 18.4. The summed E-state index contributed by atoms with van der Waals surface area (Å²) in [4.78, 5) is 23.3. The van der Waals surface area contributed by atoms with Gasteiger partial charge in [0.2, 0.25) is 0 Å². The van der Waals surface area contributed by atoms with Crippen molar-refractivity contribution in [3.05, 3.63) is 41.7 Å².